The normalized spacial score (nSPS) is 19.3. The quantitative estimate of drug-likeness (QED) is 0.900. The number of anilines is 1. The zero-order chi connectivity index (χ0) is 14.9. The molecule has 2 rings (SSSR count). The van der Waals surface area contributed by atoms with Gasteiger partial charge in [-0.15, -0.1) is 0 Å². The average molecular weight is 278 g/mol. The Bertz CT molecular complexity index is 520. The minimum absolute atomic E-state index is 0.0594. The van der Waals surface area contributed by atoms with E-state index in [1.54, 1.807) is 17.0 Å². The third-order valence-electron chi connectivity index (χ3n) is 3.28. The molecule has 1 N–H and O–H groups in total. The van der Waals surface area contributed by atoms with Gasteiger partial charge in [-0.25, -0.2) is 4.39 Å². The molecule has 0 aliphatic carbocycles. The van der Waals surface area contributed by atoms with Crippen molar-refractivity contribution < 1.29 is 14.0 Å². The van der Waals surface area contributed by atoms with Gasteiger partial charge in [-0.2, -0.15) is 0 Å². The highest BCUT2D eigenvalue weighted by Gasteiger charge is 2.33. The van der Waals surface area contributed by atoms with Gasteiger partial charge in [-0.05, 0) is 24.3 Å². The fourth-order valence-corrected chi connectivity index (χ4v) is 2.08. The summed E-state index contributed by atoms with van der Waals surface area (Å²) >= 11 is 0. The molecular weight excluding hydrogens is 259 g/mol. The molecule has 0 radical (unpaired) electrons. The van der Waals surface area contributed by atoms with Crippen molar-refractivity contribution in [2.75, 3.05) is 11.4 Å². The maximum Gasteiger partial charge on any atom is 0.229 e. The molecule has 4 nitrogen and oxygen atoms in total. The smallest absolute Gasteiger partial charge is 0.229 e. The highest BCUT2D eigenvalue weighted by molar-refractivity contribution is 5.97. The molecule has 1 heterocycles. The molecule has 1 atom stereocenters. The zero-order valence-electron chi connectivity index (χ0n) is 11.9. The van der Waals surface area contributed by atoms with Gasteiger partial charge < -0.3 is 10.2 Å². The lowest BCUT2D eigenvalue weighted by atomic mass is 9.95. The first-order chi connectivity index (χ1) is 9.27. The van der Waals surface area contributed by atoms with Gasteiger partial charge in [0.15, 0.2) is 0 Å². The van der Waals surface area contributed by atoms with E-state index in [1.165, 1.54) is 12.1 Å². The van der Waals surface area contributed by atoms with Crippen LogP contribution in [0.25, 0.3) is 0 Å². The topological polar surface area (TPSA) is 49.4 Å². The number of hydrogen-bond donors (Lipinski definition) is 1. The van der Waals surface area contributed by atoms with Gasteiger partial charge in [0.05, 0.1) is 6.04 Å². The van der Waals surface area contributed by atoms with Crippen molar-refractivity contribution in [2.45, 2.75) is 33.2 Å². The molecule has 0 bridgehead atoms. The summed E-state index contributed by atoms with van der Waals surface area (Å²) in [6, 6.07) is 5.59. The average Bonchev–Trinajstić information content (AvgIpc) is 2.70. The van der Waals surface area contributed by atoms with Crippen molar-refractivity contribution in [1.82, 2.24) is 5.32 Å². The molecule has 0 unspecified atom stereocenters. The number of benzene rings is 1. The number of nitrogens with one attached hydrogen (secondary N) is 1. The summed E-state index contributed by atoms with van der Waals surface area (Å²) in [7, 11) is 0. The van der Waals surface area contributed by atoms with Gasteiger partial charge in [0.1, 0.15) is 5.82 Å². The lowest BCUT2D eigenvalue weighted by molar-refractivity contribution is -0.129. The van der Waals surface area contributed by atoms with E-state index in [9.17, 15) is 14.0 Å². The summed E-state index contributed by atoms with van der Waals surface area (Å²) in [4.78, 5) is 25.5. The number of carbonyl (C=O) groups excluding carboxylic acids is 2. The Labute approximate surface area is 118 Å². The lowest BCUT2D eigenvalue weighted by Gasteiger charge is -2.21. The van der Waals surface area contributed by atoms with Crippen molar-refractivity contribution in [3.8, 4) is 0 Å². The van der Waals surface area contributed by atoms with Crippen molar-refractivity contribution in [3.63, 3.8) is 0 Å². The van der Waals surface area contributed by atoms with Crippen molar-refractivity contribution in [3.05, 3.63) is 30.1 Å². The summed E-state index contributed by atoms with van der Waals surface area (Å²) in [6.07, 6.45) is 0.277. The Kier molecular flexibility index (Phi) is 3.79. The second-order valence-electron chi connectivity index (χ2n) is 6.11. The second-order valence-corrected chi connectivity index (χ2v) is 6.11. The molecule has 0 spiro atoms. The molecule has 0 saturated carbocycles. The summed E-state index contributed by atoms with van der Waals surface area (Å²) < 4.78 is 12.9. The van der Waals surface area contributed by atoms with Gasteiger partial charge in [0, 0.05) is 24.1 Å². The molecule has 1 saturated heterocycles. The molecule has 108 valence electrons. The van der Waals surface area contributed by atoms with Crippen LogP contribution in [0.3, 0.4) is 0 Å². The Balaban J connectivity index is 2.04. The van der Waals surface area contributed by atoms with Crippen LogP contribution in [0.5, 0.6) is 0 Å². The minimum atomic E-state index is -0.480. The van der Waals surface area contributed by atoms with Gasteiger partial charge in [0.2, 0.25) is 11.8 Å². The molecule has 1 fully saturated rings. The molecule has 1 aliphatic heterocycles. The van der Waals surface area contributed by atoms with Gasteiger partial charge in [0.25, 0.3) is 0 Å². The Morgan fingerprint density at radius 3 is 2.45 bits per heavy atom. The number of rotatable bonds is 2. The van der Waals surface area contributed by atoms with Crippen LogP contribution in [0.1, 0.15) is 27.2 Å². The van der Waals surface area contributed by atoms with Crippen molar-refractivity contribution in [1.29, 1.82) is 0 Å². The summed E-state index contributed by atoms with van der Waals surface area (Å²) in [5, 5.41) is 2.88. The maximum atomic E-state index is 12.9. The summed E-state index contributed by atoms with van der Waals surface area (Å²) in [5.74, 6) is -0.468. The molecule has 5 heteroatoms. The third kappa shape index (κ3) is 3.15. The molecule has 2 amide bonds. The second kappa shape index (κ2) is 5.23. The predicted molar refractivity (Wildman–Crippen MR) is 74.8 cm³/mol. The lowest BCUT2D eigenvalue weighted by Crippen LogP contribution is -2.43. The van der Waals surface area contributed by atoms with Crippen LogP contribution >= 0.6 is 0 Å². The van der Waals surface area contributed by atoms with Gasteiger partial charge >= 0.3 is 0 Å². The fourth-order valence-electron chi connectivity index (χ4n) is 2.08. The van der Waals surface area contributed by atoms with Crippen molar-refractivity contribution in [2.24, 2.45) is 5.41 Å². The minimum Gasteiger partial charge on any atom is -0.351 e. The first-order valence-corrected chi connectivity index (χ1v) is 6.64. The van der Waals surface area contributed by atoms with E-state index < -0.39 is 5.41 Å². The largest absolute Gasteiger partial charge is 0.351 e. The molecule has 1 aromatic rings. The SMILES string of the molecule is CC(C)(C)C(=O)N[C@H]1CC(=O)N(c2ccc(F)cc2)C1. The highest BCUT2D eigenvalue weighted by Crippen LogP contribution is 2.23. The highest BCUT2D eigenvalue weighted by atomic mass is 19.1. The van der Waals surface area contributed by atoms with Gasteiger partial charge in [-0.3, -0.25) is 9.59 Å². The number of nitrogens with zero attached hydrogens (tertiary/aromatic N) is 1. The number of carbonyl (C=O) groups is 2. The Hall–Kier alpha value is -1.91. The third-order valence-corrected chi connectivity index (χ3v) is 3.28. The van der Waals surface area contributed by atoms with E-state index in [1.807, 2.05) is 20.8 Å². The van der Waals surface area contributed by atoms with Crippen LogP contribution in [0, 0.1) is 11.2 Å². The predicted octanol–water partition coefficient (Wildman–Crippen LogP) is 2.09. The Morgan fingerprint density at radius 2 is 1.90 bits per heavy atom. The number of hydrogen-bond acceptors (Lipinski definition) is 2. The standard InChI is InChI=1S/C15H19FN2O2/c1-15(2,3)14(20)17-11-8-13(19)18(9-11)12-6-4-10(16)5-7-12/h4-7,11H,8-9H2,1-3H3,(H,17,20)/t11-/m0/s1. The first-order valence-electron chi connectivity index (χ1n) is 6.64. The monoisotopic (exact) mass is 278 g/mol. The van der Waals surface area contributed by atoms with E-state index in [0.29, 0.717) is 12.2 Å². The first kappa shape index (κ1) is 14.5. The molecule has 0 aromatic heterocycles. The molecular formula is C15H19FN2O2. The molecule has 20 heavy (non-hydrogen) atoms. The van der Waals surface area contributed by atoms with E-state index >= 15 is 0 Å². The summed E-state index contributed by atoms with van der Waals surface area (Å²) in [6.45, 7) is 5.91. The number of amides is 2. The van der Waals surface area contributed by atoms with Crippen LogP contribution < -0.4 is 10.2 Å². The van der Waals surface area contributed by atoms with Crippen LogP contribution in [-0.2, 0) is 9.59 Å². The van der Waals surface area contributed by atoms with Crippen LogP contribution in [-0.4, -0.2) is 24.4 Å². The Morgan fingerprint density at radius 1 is 1.30 bits per heavy atom. The van der Waals surface area contributed by atoms with Crippen LogP contribution in [0.15, 0.2) is 24.3 Å². The van der Waals surface area contributed by atoms with Crippen LogP contribution in [0.2, 0.25) is 0 Å². The summed E-state index contributed by atoms with van der Waals surface area (Å²) in [5.41, 5.74) is 0.177. The van der Waals surface area contributed by atoms with E-state index in [2.05, 4.69) is 5.32 Å². The molecule has 1 aromatic carbocycles. The fraction of sp³-hybridized carbons (Fsp3) is 0.467. The van der Waals surface area contributed by atoms with E-state index in [4.69, 9.17) is 0 Å². The number of halogens is 1. The zero-order valence-corrected chi connectivity index (χ0v) is 11.9. The van der Waals surface area contributed by atoms with E-state index in [0.717, 1.165) is 0 Å². The maximum absolute atomic E-state index is 12.9. The van der Waals surface area contributed by atoms with Crippen molar-refractivity contribution >= 4 is 17.5 Å². The molecule has 1 aliphatic rings. The van der Waals surface area contributed by atoms with Gasteiger partial charge in [-0.1, -0.05) is 20.8 Å². The van der Waals surface area contributed by atoms with E-state index in [-0.39, 0.29) is 30.1 Å². The van der Waals surface area contributed by atoms with Crippen LogP contribution in [0.4, 0.5) is 10.1 Å².